The van der Waals surface area contributed by atoms with Crippen LogP contribution in [0.25, 0.3) is 0 Å². The molecule has 0 bridgehead atoms. The van der Waals surface area contributed by atoms with E-state index in [9.17, 15) is 14.4 Å². The molecule has 2 atom stereocenters. The van der Waals surface area contributed by atoms with Gasteiger partial charge in [0.15, 0.2) is 0 Å². The number of rotatable bonds is 3. The van der Waals surface area contributed by atoms with E-state index in [0.717, 1.165) is 4.90 Å². The quantitative estimate of drug-likeness (QED) is 0.600. The van der Waals surface area contributed by atoms with Crippen molar-refractivity contribution < 1.29 is 14.4 Å². The zero-order valence-electron chi connectivity index (χ0n) is 9.49. The van der Waals surface area contributed by atoms with E-state index < -0.39 is 6.04 Å². The van der Waals surface area contributed by atoms with Crippen molar-refractivity contribution in [1.82, 2.24) is 10.2 Å². The molecular formula is C10H15BrN2O3. The van der Waals surface area contributed by atoms with Crippen molar-refractivity contribution in [2.45, 2.75) is 31.1 Å². The van der Waals surface area contributed by atoms with Gasteiger partial charge in [0.05, 0.1) is 11.2 Å². The standard InChI is InChI=1S/C10H15BrN2O3/c1-5(2)8(11)9(15)12-6-4-7(14)13(3)10(6)16/h5-6,8H,4H2,1-3H3,(H,12,15). The maximum absolute atomic E-state index is 11.7. The first-order valence-electron chi connectivity index (χ1n) is 5.09. The molecule has 0 aliphatic carbocycles. The number of halogens is 1. The van der Waals surface area contributed by atoms with Crippen LogP contribution in [-0.2, 0) is 14.4 Å². The highest BCUT2D eigenvalue weighted by atomic mass is 79.9. The Bertz CT molecular complexity index is 330. The highest BCUT2D eigenvalue weighted by Crippen LogP contribution is 2.15. The number of nitrogens with zero attached hydrogens (tertiary/aromatic N) is 1. The summed E-state index contributed by atoms with van der Waals surface area (Å²) in [5.41, 5.74) is 0. The third-order valence-corrected chi connectivity index (χ3v) is 4.01. The second kappa shape index (κ2) is 4.95. The first-order valence-corrected chi connectivity index (χ1v) is 6.01. The molecule has 90 valence electrons. The van der Waals surface area contributed by atoms with Crippen molar-refractivity contribution in [3.05, 3.63) is 0 Å². The van der Waals surface area contributed by atoms with Crippen LogP contribution in [0.2, 0.25) is 0 Å². The lowest BCUT2D eigenvalue weighted by Crippen LogP contribution is -2.44. The zero-order chi connectivity index (χ0) is 12.5. The third kappa shape index (κ3) is 2.61. The Kier molecular flexibility index (Phi) is 4.07. The predicted molar refractivity (Wildman–Crippen MR) is 61.9 cm³/mol. The van der Waals surface area contributed by atoms with Gasteiger partial charge >= 0.3 is 0 Å². The summed E-state index contributed by atoms with van der Waals surface area (Å²) < 4.78 is 0. The van der Waals surface area contributed by atoms with E-state index in [0.29, 0.717) is 0 Å². The maximum Gasteiger partial charge on any atom is 0.252 e. The summed E-state index contributed by atoms with van der Waals surface area (Å²) in [7, 11) is 1.42. The van der Waals surface area contributed by atoms with Crippen LogP contribution in [0.1, 0.15) is 20.3 Å². The van der Waals surface area contributed by atoms with E-state index in [1.54, 1.807) is 0 Å². The normalized spacial score (nSPS) is 22.8. The van der Waals surface area contributed by atoms with E-state index in [1.165, 1.54) is 7.05 Å². The molecule has 1 fully saturated rings. The van der Waals surface area contributed by atoms with Crippen molar-refractivity contribution in [3.63, 3.8) is 0 Å². The lowest BCUT2D eigenvalue weighted by Gasteiger charge is -2.16. The van der Waals surface area contributed by atoms with E-state index in [4.69, 9.17) is 0 Å². The smallest absolute Gasteiger partial charge is 0.252 e. The fourth-order valence-electron chi connectivity index (χ4n) is 1.42. The molecule has 2 unspecified atom stereocenters. The van der Waals surface area contributed by atoms with Crippen LogP contribution in [-0.4, -0.2) is 40.5 Å². The summed E-state index contributed by atoms with van der Waals surface area (Å²) in [6.45, 7) is 3.79. The minimum Gasteiger partial charge on any atom is -0.343 e. The molecule has 0 aromatic heterocycles. The van der Waals surface area contributed by atoms with Gasteiger partial charge in [0.1, 0.15) is 6.04 Å². The number of likely N-dealkylation sites (N-methyl/N-ethyl adjacent to an activating group) is 1. The van der Waals surface area contributed by atoms with Gasteiger partial charge in [-0.3, -0.25) is 19.3 Å². The first-order chi connectivity index (χ1) is 7.34. The number of amides is 3. The Morgan fingerprint density at radius 1 is 1.50 bits per heavy atom. The molecule has 0 aromatic rings. The summed E-state index contributed by atoms with van der Waals surface area (Å²) in [6.07, 6.45) is 0.0545. The van der Waals surface area contributed by atoms with Crippen LogP contribution in [0.4, 0.5) is 0 Å². The largest absolute Gasteiger partial charge is 0.343 e. The maximum atomic E-state index is 11.7. The Hall–Kier alpha value is -0.910. The third-order valence-electron chi connectivity index (χ3n) is 2.53. The second-order valence-electron chi connectivity index (χ2n) is 4.20. The van der Waals surface area contributed by atoms with E-state index >= 15 is 0 Å². The number of hydrogen-bond acceptors (Lipinski definition) is 3. The Morgan fingerprint density at radius 3 is 2.44 bits per heavy atom. The second-order valence-corrected chi connectivity index (χ2v) is 5.19. The lowest BCUT2D eigenvalue weighted by atomic mass is 10.1. The fourth-order valence-corrected chi connectivity index (χ4v) is 1.55. The lowest BCUT2D eigenvalue weighted by molar-refractivity contribution is -0.138. The monoisotopic (exact) mass is 290 g/mol. The number of carbonyl (C=O) groups is 3. The fraction of sp³-hybridized carbons (Fsp3) is 0.700. The number of alkyl halides is 1. The topological polar surface area (TPSA) is 66.5 Å². The van der Waals surface area contributed by atoms with Gasteiger partial charge in [-0.1, -0.05) is 29.8 Å². The van der Waals surface area contributed by atoms with E-state index in [1.807, 2.05) is 13.8 Å². The molecular weight excluding hydrogens is 276 g/mol. The van der Waals surface area contributed by atoms with Gasteiger partial charge in [-0.15, -0.1) is 0 Å². The molecule has 1 aliphatic heterocycles. The summed E-state index contributed by atoms with van der Waals surface area (Å²) >= 11 is 3.24. The predicted octanol–water partition coefficient (Wildman–Crippen LogP) is 0.279. The van der Waals surface area contributed by atoms with Crippen LogP contribution >= 0.6 is 15.9 Å². The van der Waals surface area contributed by atoms with E-state index in [-0.39, 0.29) is 34.9 Å². The average molecular weight is 291 g/mol. The molecule has 3 amide bonds. The summed E-state index contributed by atoms with van der Waals surface area (Å²) in [4.78, 5) is 35.1. The van der Waals surface area contributed by atoms with Crippen LogP contribution in [0.15, 0.2) is 0 Å². The van der Waals surface area contributed by atoms with Crippen molar-refractivity contribution in [2.75, 3.05) is 7.05 Å². The van der Waals surface area contributed by atoms with Gasteiger partial charge in [0.25, 0.3) is 5.91 Å². The van der Waals surface area contributed by atoms with Gasteiger partial charge in [0.2, 0.25) is 11.8 Å². The summed E-state index contributed by atoms with van der Waals surface area (Å²) in [5, 5.41) is 2.57. The highest BCUT2D eigenvalue weighted by Gasteiger charge is 2.37. The Morgan fingerprint density at radius 2 is 2.06 bits per heavy atom. The number of hydrogen-bond donors (Lipinski definition) is 1. The number of likely N-dealkylation sites (tertiary alicyclic amines) is 1. The molecule has 0 saturated carbocycles. The molecule has 0 spiro atoms. The minimum atomic E-state index is -0.705. The molecule has 16 heavy (non-hydrogen) atoms. The number of nitrogens with one attached hydrogen (secondary N) is 1. The number of carbonyl (C=O) groups excluding carboxylic acids is 3. The molecule has 1 aliphatic rings. The molecule has 1 N–H and O–H groups in total. The van der Waals surface area contributed by atoms with Crippen molar-refractivity contribution >= 4 is 33.7 Å². The Labute approximate surface area is 103 Å². The van der Waals surface area contributed by atoms with Crippen molar-refractivity contribution in [3.8, 4) is 0 Å². The van der Waals surface area contributed by atoms with Crippen LogP contribution in [0.5, 0.6) is 0 Å². The molecule has 1 heterocycles. The molecule has 1 saturated heterocycles. The average Bonchev–Trinajstić information content (AvgIpc) is 2.45. The molecule has 0 aromatic carbocycles. The van der Waals surface area contributed by atoms with Gasteiger partial charge in [-0.2, -0.15) is 0 Å². The van der Waals surface area contributed by atoms with E-state index in [2.05, 4.69) is 21.2 Å². The van der Waals surface area contributed by atoms with Crippen LogP contribution in [0, 0.1) is 5.92 Å². The molecule has 6 heteroatoms. The summed E-state index contributed by atoms with van der Waals surface area (Å²) in [5.74, 6) is -0.728. The van der Waals surface area contributed by atoms with Gasteiger partial charge in [-0.05, 0) is 5.92 Å². The minimum absolute atomic E-state index is 0.0545. The molecule has 5 nitrogen and oxygen atoms in total. The van der Waals surface area contributed by atoms with Gasteiger partial charge in [-0.25, -0.2) is 0 Å². The summed E-state index contributed by atoms with van der Waals surface area (Å²) in [6, 6.07) is -0.705. The van der Waals surface area contributed by atoms with Crippen LogP contribution in [0.3, 0.4) is 0 Å². The zero-order valence-corrected chi connectivity index (χ0v) is 11.1. The van der Waals surface area contributed by atoms with Crippen molar-refractivity contribution in [1.29, 1.82) is 0 Å². The number of imide groups is 1. The molecule has 1 rings (SSSR count). The van der Waals surface area contributed by atoms with Crippen LogP contribution < -0.4 is 5.32 Å². The first kappa shape index (κ1) is 13.2. The van der Waals surface area contributed by atoms with Gasteiger partial charge in [0, 0.05) is 7.05 Å². The Balaban J connectivity index is 2.60. The van der Waals surface area contributed by atoms with Gasteiger partial charge < -0.3 is 5.32 Å². The molecule has 0 radical (unpaired) electrons. The SMILES string of the molecule is CC(C)C(Br)C(=O)NC1CC(=O)N(C)C1=O. The highest BCUT2D eigenvalue weighted by molar-refractivity contribution is 9.10. The van der Waals surface area contributed by atoms with Crippen molar-refractivity contribution in [2.24, 2.45) is 5.92 Å².